The molecular weight excluding hydrogens is 276 g/mol. The van der Waals surface area contributed by atoms with Gasteiger partial charge in [-0.1, -0.05) is 60.7 Å². The van der Waals surface area contributed by atoms with E-state index in [9.17, 15) is 9.59 Å². The first-order chi connectivity index (χ1) is 9.27. The van der Waals surface area contributed by atoms with Crippen LogP contribution in [-0.4, -0.2) is 11.6 Å². The van der Waals surface area contributed by atoms with E-state index < -0.39 is 0 Å². The van der Waals surface area contributed by atoms with Gasteiger partial charge in [-0.2, -0.15) is 0 Å². The molecule has 0 saturated carbocycles. The van der Waals surface area contributed by atoms with Crippen LogP contribution in [-0.2, 0) is 23.7 Å². The first kappa shape index (κ1) is 15.4. The van der Waals surface area contributed by atoms with Gasteiger partial charge in [0.05, 0.1) is 6.42 Å². The number of hydrogen-bond acceptors (Lipinski definition) is 3. The Morgan fingerprint density at radius 3 is 1.32 bits per heavy atom. The number of Topliss-reactive ketones (excluding diaryl/α,β-unsaturated/α-hetero) is 2. The summed E-state index contributed by atoms with van der Waals surface area (Å²) < 4.78 is 8.25. The third kappa shape index (κ3) is 4.82. The summed E-state index contributed by atoms with van der Waals surface area (Å²) in [5.74, 6) is -0.279. The van der Waals surface area contributed by atoms with Gasteiger partial charge in [0.15, 0.2) is 11.6 Å². The van der Waals surface area contributed by atoms with Crippen LogP contribution in [0.3, 0.4) is 0 Å². The van der Waals surface area contributed by atoms with Crippen LogP contribution in [0.25, 0.3) is 0 Å². The van der Waals surface area contributed by atoms with Crippen molar-refractivity contribution in [1.29, 1.82) is 0 Å². The van der Waals surface area contributed by atoms with Gasteiger partial charge in [-0.05, 0) is 0 Å². The molecule has 0 aliphatic rings. The van der Waals surface area contributed by atoms with Gasteiger partial charge in [0, 0.05) is 11.1 Å². The quantitative estimate of drug-likeness (QED) is 0.493. The molecule has 0 N–H and O–H groups in total. The Kier molecular flexibility index (Phi) is 6.79. The predicted octanol–water partition coefficient (Wildman–Crippen LogP) is 3.02. The topological polar surface area (TPSA) is 51.2 Å². The van der Waals surface area contributed by atoms with Crippen molar-refractivity contribution in [3.05, 3.63) is 71.8 Å². The summed E-state index contributed by atoms with van der Waals surface area (Å²) in [6.07, 6.45) is -0.0754. The molecule has 3 nitrogen and oxygen atoms in total. The van der Waals surface area contributed by atoms with Gasteiger partial charge in [-0.15, -0.1) is 0 Å². The summed E-state index contributed by atoms with van der Waals surface area (Å²) in [4.78, 5) is 23.6. The van der Waals surface area contributed by atoms with E-state index in [1.54, 1.807) is 48.5 Å². The van der Waals surface area contributed by atoms with Crippen LogP contribution >= 0.6 is 0 Å². The van der Waals surface area contributed by atoms with Crippen molar-refractivity contribution >= 4 is 11.6 Å². The number of carbonyl (C=O) groups is 2. The van der Waals surface area contributed by atoms with Crippen LogP contribution in [0.2, 0.25) is 0 Å². The Morgan fingerprint density at radius 1 is 0.684 bits per heavy atom. The molecule has 0 aliphatic heterocycles. The van der Waals surface area contributed by atoms with Crippen LogP contribution in [0.1, 0.15) is 27.1 Å². The van der Waals surface area contributed by atoms with Gasteiger partial charge in [-0.3, -0.25) is 9.59 Å². The molecule has 94 valence electrons. The van der Waals surface area contributed by atoms with Crippen LogP contribution in [0.15, 0.2) is 60.7 Å². The Hall–Kier alpha value is -1.71. The normalized spacial score (nSPS) is 9.00. The Labute approximate surface area is 123 Å². The Bertz CT molecular complexity index is 488. The number of benzene rings is 2. The molecule has 2 rings (SSSR count). The van der Waals surface area contributed by atoms with Crippen LogP contribution in [0.4, 0.5) is 0 Å². The van der Waals surface area contributed by atoms with Crippen molar-refractivity contribution in [3.63, 3.8) is 0 Å². The van der Waals surface area contributed by atoms with E-state index in [1.165, 1.54) is 0 Å². The molecule has 0 unspecified atom stereocenters. The van der Waals surface area contributed by atoms with E-state index in [0.29, 0.717) is 11.1 Å². The van der Waals surface area contributed by atoms with E-state index >= 15 is 0 Å². The second-order valence-electron chi connectivity index (χ2n) is 3.76. The average molecular weight is 288 g/mol. The molecule has 2 aromatic rings. The van der Waals surface area contributed by atoms with Crippen molar-refractivity contribution in [2.45, 2.75) is 6.42 Å². The maximum absolute atomic E-state index is 11.8. The molecule has 0 aliphatic carbocycles. The fourth-order valence-electron chi connectivity index (χ4n) is 1.60. The summed E-state index contributed by atoms with van der Waals surface area (Å²) in [6.45, 7) is 0. The zero-order valence-corrected chi connectivity index (χ0v) is 11.8. The molecular formula is C15H12O3Ti. The van der Waals surface area contributed by atoms with E-state index in [2.05, 4.69) is 0 Å². The molecule has 0 aromatic heterocycles. The van der Waals surface area contributed by atoms with E-state index in [4.69, 9.17) is 3.32 Å². The minimum absolute atomic E-state index is 0.0754. The molecule has 0 saturated heterocycles. The molecule has 0 fully saturated rings. The van der Waals surface area contributed by atoms with Crippen LogP contribution < -0.4 is 0 Å². The number of ketones is 2. The van der Waals surface area contributed by atoms with Crippen LogP contribution in [0, 0.1) is 0 Å². The van der Waals surface area contributed by atoms with Crippen molar-refractivity contribution in [1.82, 2.24) is 0 Å². The van der Waals surface area contributed by atoms with Crippen molar-refractivity contribution in [2.75, 3.05) is 0 Å². The Morgan fingerprint density at radius 2 is 1.00 bits per heavy atom. The van der Waals surface area contributed by atoms with E-state index in [-0.39, 0.29) is 18.0 Å². The second-order valence-corrected chi connectivity index (χ2v) is 3.76. The van der Waals surface area contributed by atoms with E-state index in [0.717, 1.165) is 20.4 Å². The number of carbonyl (C=O) groups excluding carboxylic acids is 2. The summed E-state index contributed by atoms with van der Waals surface area (Å²) >= 11 is 0.750. The van der Waals surface area contributed by atoms with Gasteiger partial charge in [0.2, 0.25) is 0 Å². The average Bonchev–Trinajstić information content (AvgIpc) is 2.51. The zero-order valence-electron chi connectivity index (χ0n) is 10.2. The van der Waals surface area contributed by atoms with Gasteiger partial charge in [0.25, 0.3) is 0 Å². The first-order valence-electron chi connectivity index (χ1n) is 5.64. The molecule has 0 bridgehead atoms. The number of rotatable bonds is 4. The predicted molar refractivity (Wildman–Crippen MR) is 66.8 cm³/mol. The minimum atomic E-state index is -0.139. The SMILES string of the molecule is O=C(CC(=O)c1ccccc1)c1ccccc1.[O]=[Ti]. The van der Waals surface area contributed by atoms with Gasteiger partial charge >= 0.3 is 23.7 Å². The van der Waals surface area contributed by atoms with E-state index in [1.807, 2.05) is 12.1 Å². The van der Waals surface area contributed by atoms with Gasteiger partial charge in [-0.25, -0.2) is 0 Å². The molecule has 19 heavy (non-hydrogen) atoms. The molecule has 4 heteroatoms. The molecule has 0 atom stereocenters. The number of hydrogen-bond donors (Lipinski definition) is 0. The summed E-state index contributed by atoms with van der Waals surface area (Å²) in [6, 6.07) is 17.7. The molecule has 0 amide bonds. The Balaban J connectivity index is 0.000000861. The zero-order chi connectivity index (χ0) is 14.1. The molecule has 0 radical (unpaired) electrons. The van der Waals surface area contributed by atoms with Crippen molar-refractivity contribution < 1.29 is 33.3 Å². The summed E-state index contributed by atoms with van der Waals surface area (Å²) in [7, 11) is 0. The fourth-order valence-corrected chi connectivity index (χ4v) is 1.60. The third-order valence-electron chi connectivity index (χ3n) is 2.51. The summed E-state index contributed by atoms with van der Waals surface area (Å²) in [5.41, 5.74) is 1.16. The monoisotopic (exact) mass is 288 g/mol. The van der Waals surface area contributed by atoms with Gasteiger partial charge in [0.1, 0.15) is 0 Å². The fraction of sp³-hybridized carbons (Fsp3) is 0.0667. The second kappa shape index (κ2) is 8.41. The van der Waals surface area contributed by atoms with Crippen LogP contribution in [0.5, 0.6) is 0 Å². The van der Waals surface area contributed by atoms with Crippen molar-refractivity contribution in [2.24, 2.45) is 0 Å². The van der Waals surface area contributed by atoms with Gasteiger partial charge < -0.3 is 0 Å². The standard InChI is InChI=1S/C15H12O2.O.Ti/c16-14(12-7-3-1-4-8-12)11-15(17)13-9-5-2-6-10-13;;/h1-10H,11H2;;. The third-order valence-corrected chi connectivity index (χ3v) is 2.51. The maximum atomic E-state index is 11.8. The first-order valence-corrected chi connectivity index (χ1v) is 6.28. The van der Waals surface area contributed by atoms with Crippen molar-refractivity contribution in [3.8, 4) is 0 Å². The molecule has 0 heterocycles. The summed E-state index contributed by atoms with van der Waals surface area (Å²) in [5, 5.41) is 0. The molecule has 2 aromatic carbocycles. The molecule has 0 spiro atoms.